The monoisotopic (exact) mass is 366 g/mol. The van der Waals surface area contributed by atoms with Gasteiger partial charge in [0.15, 0.2) is 6.10 Å². The number of thiophene rings is 1. The summed E-state index contributed by atoms with van der Waals surface area (Å²) in [5, 5.41) is 10.7. The summed E-state index contributed by atoms with van der Waals surface area (Å²) in [5.74, 6) is 0. The number of aromatic nitrogens is 1. The second-order valence-electron chi connectivity index (χ2n) is 5.85. The number of halogens is 3. The predicted octanol–water partition coefficient (Wildman–Crippen LogP) is 3.56. The second-order valence-corrected chi connectivity index (χ2v) is 6.76. The Hall–Kier alpha value is -2.60. The van der Waals surface area contributed by atoms with Crippen molar-refractivity contribution in [2.24, 2.45) is 10.7 Å². The lowest BCUT2D eigenvalue weighted by molar-refractivity contribution is -0.208. The maximum atomic E-state index is 13.1. The average molecular weight is 366 g/mol. The van der Waals surface area contributed by atoms with Gasteiger partial charge in [-0.25, -0.2) is 4.99 Å². The minimum Gasteiger partial charge on any atom is -0.452 e. The topological polar surface area (TPSA) is 84.3 Å². The van der Waals surface area contributed by atoms with E-state index in [9.17, 15) is 13.2 Å². The Morgan fingerprint density at radius 2 is 2.12 bits per heavy atom. The lowest BCUT2D eigenvalue weighted by atomic mass is 9.91. The fourth-order valence-electron chi connectivity index (χ4n) is 2.63. The van der Waals surface area contributed by atoms with Gasteiger partial charge < -0.3 is 10.5 Å². The van der Waals surface area contributed by atoms with Crippen molar-refractivity contribution in [1.82, 2.24) is 4.98 Å². The SMILES string of the molecule is C[C@]1(c2cc(-c3cncc(C#N)c3)cs2)C[C@@H](C(F)(F)F)OC(N)=N1. The fourth-order valence-corrected chi connectivity index (χ4v) is 3.67. The number of amidine groups is 1. The molecule has 2 atom stereocenters. The van der Waals surface area contributed by atoms with E-state index in [1.807, 2.05) is 6.07 Å². The number of alkyl halides is 3. The van der Waals surface area contributed by atoms with Crippen LogP contribution in [0.2, 0.25) is 0 Å². The van der Waals surface area contributed by atoms with Crippen LogP contribution in [0.4, 0.5) is 13.2 Å². The van der Waals surface area contributed by atoms with E-state index in [2.05, 4.69) is 14.7 Å². The van der Waals surface area contributed by atoms with Crippen molar-refractivity contribution in [2.45, 2.75) is 31.2 Å². The maximum absolute atomic E-state index is 13.1. The van der Waals surface area contributed by atoms with E-state index < -0.39 is 23.8 Å². The molecule has 3 rings (SSSR count). The normalized spacial score (nSPS) is 23.5. The summed E-state index contributed by atoms with van der Waals surface area (Å²) in [6.07, 6.45) is -3.84. The van der Waals surface area contributed by atoms with Crippen LogP contribution < -0.4 is 5.73 Å². The number of pyridine rings is 1. The van der Waals surface area contributed by atoms with Gasteiger partial charge in [0, 0.05) is 29.3 Å². The van der Waals surface area contributed by atoms with Crippen LogP contribution in [0.15, 0.2) is 34.9 Å². The lowest BCUT2D eigenvalue weighted by Gasteiger charge is -2.34. The summed E-state index contributed by atoms with van der Waals surface area (Å²) in [7, 11) is 0. The van der Waals surface area contributed by atoms with Crippen LogP contribution >= 0.6 is 11.3 Å². The van der Waals surface area contributed by atoms with Gasteiger partial charge in [0.25, 0.3) is 6.02 Å². The Labute approximate surface area is 145 Å². The van der Waals surface area contributed by atoms with E-state index in [0.29, 0.717) is 16.0 Å². The van der Waals surface area contributed by atoms with Crippen LogP contribution in [0, 0.1) is 11.3 Å². The van der Waals surface area contributed by atoms with Crippen LogP contribution in [0.3, 0.4) is 0 Å². The standard InChI is InChI=1S/C16H13F3N4OS/c1-15(4-12(16(17,18)19)24-14(21)23-15)13-3-11(8-25-13)10-2-9(5-20)6-22-7-10/h2-3,6-8,12H,4H2,1H3,(H2,21,23)/t12-,15+/m0/s1. The highest BCUT2D eigenvalue weighted by molar-refractivity contribution is 7.10. The number of aliphatic imine (C=N–C) groups is 1. The van der Waals surface area contributed by atoms with E-state index in [0.717, 1.165) is 5.56 Å². The van der Waals surface area contributed by atoms with Gasteiger partial charge in [-0.05, 0) is 30.0 Å². The molecule has 9 heteroatoms. The summed E-state index contributed by atoms with van der Waals surface area (Å²) in [6.45, 7) is 1.60. The molecule has 0 spiro atoms. The molecule has 25 heavy (non-hydrogen) atoms. The van der Waals surface area contributed by atoms with Crippen LogP contribution in [0.5, 0.6) is 0 Å². The van der Waals surface area contributed by atoms with Crippen molar-refractivity contribution >= 4 is 17.4 Å². The molecule has 0 saturated heterocycles. The smallest absolute Gasteiger partial charge is 0.425 e. The van der Waals surface area contributed by atoms with Crippen molar-refractivity contribution < 1.29 is 17.9 Å². The lowest BCUT2D eigenvalue weighted by Crippen LogP contribution is -2.45. The zero-order valence-corrected chi connectivity index (χ0v) is 13.9. The minimum absolute atomic E-state index is 0.354. The maximum Gasteiger partial charge on any atom is 0.425 e. The molecule has 1 aliphatic heterocycles. The number of hydrogen-bond donors (Lipinski definition) is 1. The number of hydrogen-bond acceptors (Lipinski definition) is 6. The number of ether oxygens (including phenoxy) is 1. The van der Waals surface area contributed by atoms with Gasteiger partial charge in [-0.2, -0.15) is 18.4 Å². The van der Waals surface area contributed by atoms with E-state index in [1.54, 1.807) is 30.6 Å². The average Bonchev–Trinajstić information content (AvgIpc) is 3.04. The Morgan fingerprint density at radius 3 is 2.80 bits per heavy atom. The first-order valence-electron chi connectivity index (χ1n) is 7.24. The predicted molar refractivity (Wildman–Crippen MR) is 86.8 cm³/mol. The molecular weight excluding hydrogens is 353 g/mol. The van der Waals surface area contributed by atoms with Gasteiger partial charge in [-0.15, -0.1) is 11.3 Å². The molecule has 3 heterocycles. The zero-order valence-electron chi connectivity index (χ0n) is 13.0. The highest BCUT2D eigenvalue weighted by Crippen LogP contribution is 2.43. The summed E-state index contributed by atoms with van der Waals surface area (Å²) in [4.78, 5) is 8.73. The number of nitrogens with two attached hydrogens (primary N) is 1. The molecule has 5 nitrogen and oxygen atoms in total. The van der Waals surface area contributed by atoms with Crippen molar-refractivity contribution in [3.63, 3.8) is 0 Å². The van der Waals surface area contributed by atoms with Gasteiger partial charge in [-0.1, -0.05) is 0 Å². The molecule has 2 N–H and O–H groups in total. The summed E-state index contributed by atoms with van der Waals surface area (Å²) in [6, 6.07) is 4.95. The fraction of sp³-hybridized carbons (Fsp3) is 0.312. The van der Waals surface area contributed by atoms with E-state index >= 15 is 0 Å². The molecule has 2 aromatic heterocycles. The molecule has 0 aliphatic carbocycles. The van der Waals surface area contributed by atoms with Crippen molar-refractivity contribution in [3.8, 4) is 17.2 Å². The quantitative estimate of drug-likeness (QED) is 0.881. The molecular formula is C16H13F3N4OS. The molecule has 0 aromatic carbocycles. The van der Waals surface area contributed by atoms with Gasteiger partial charge >= 0.3 is 6.18 Å². The third kappa shape index (κ3) is 3.44. The zero-order chi connectivity index (χ0) is 18.2. The van der Waals surface area contributed by atoms with Crippen LogP contribution in [0.25, 0.3) is 11.1 Å². The van der Waals surface area contributed by atoms with Crippen LogP contribution in [-0.2, 0) is 10.3 Å². The second kappa shape index (κ2) is 6.04. The Kier molecular flexibility index (Phi) is 4.16. The van der Waals surface area contributed by atoms with E-state index in [-0.39, 0.29) is 6.42 Å². The third-order valence-corrected chi connectivity index (χ3v) is 5.08. The Balaban J connectivity index is 1.95. The highest BCUT2D eigenvalue weighted by Gasteiger charge is 2.49. The molecule has 0 fully saturated rings. The van der Waals surface area contributed by atoms with Crippen molar-refractivity contribution in [1.29, 1.82) is 5.26 Å². The minimum atomic E-state index is -4.52. The van der Waals surface area contributed by atoms with E-state index in [1.165, 1.54) is 17.5 Å². The molecule has 0 saturated carbocycles. The van der Waals surface area contributed by atoms with Crippen molar-refractivity contribution in [3.05, 3.63) is 40.3 Å². The summed E-state index contributed by atoms with van der Waals surface area (Å²) < 4.78 is 43.8. The van der Waals surface area contributed by atoms with Gasteiger partial charge in [0.2, 0.25) is 0 Å². The number of nitrogens with zero attached hydrogens (tertiary/aromatic N) is 3. The van der Waals surface area contributed by atoms with Gasteiger partial charge in [-0.3, -0.25) is 4.98 Å². The van der Waals surface area contributed by atoms with E-state index in [4.69, 9.17) is 11.0 Å². The number of nitriles is 1. The first kappa shape index (κ1) is 17.2. The molecule has 0 amide bonds. The first-order valence-corrected chi connectivity index (χ1v) is 8.12. The molecule has 2 aromatic rings. The third-order valence-electron chi connectivity index (χ3n) is 3.90. The molecule has 1 aliphatic rings. The van der Waals surface area contributed by atoms with Crippen molar-refractivity contribution in [2.75, 3.05) is 0 Å². The largest absolute Gasteiger partial charge is 0.452 e. The number of rotatable bonds is 2. The summed E-state index contributed by atoms with van der Waals surface area (Å²) >= 11 is 1.28. The molecule has 0 bridgehead atoms. The van der Waals surface area contributed by atoms with Gasteiger partial charge in [0.05, 0.1) is 5.56 Å². The Morgan fingerprint density at radius 1 is 1.36 bits per heavy atom. The first-order chi connectivity index (χ1) is 11.7. The van der Waals surface area contributed by atoms with Gasteiger partial charge in [0.1, 0.15) is 11.6 Å². The summed E-state index contributed by atoms with van der Waals surface area (Å²) in [5.41, 5.74) is 6.22. The molecule has 130 valence electrons. The highest BCUT2D eigenvalue weighted by atomic mass is 32.1. The van der Waals surface area contributed by atoms with Crippen LogP contribution in [-0.4, -0.2) is 23.3 Å². The molecule has 0 radical (unpaired) electrons. The Bertz CT molecular complexity index is 871. The van der Waals surface area contributed by atoms with Crippen LogP contribution in [0.1, 0.15) is 23.8 Å². The molecule has 0 unspecified atom stereocenters.